The summed E-state index contributed by atoms with van der Waals surface area (Å²) in [7, 11) is 0. The van der Waals surface area contributed by atoms with Gasteiger partial charge in [-0.2, -0.15) is 0 Å². The first-order valence-electron chi connectivity index (χ1n) is 7.81. The number of carbonyl (C=O) groups is 1. The second-order valence-corrected chi connectivity index (χ2v) is 7.22. The summed E-state index contributed by atoms with van der Waals surface area (Å²) < 4.78 is 1.34. The SMILES string of the molecule is Cc1ccc(C(=O)N2CC[C@H](O)[C@@H](n3ccc(=O)[nH]c3=O)CC2)s1. The Morgan fingerprint density at radius 1 is 1.25 bits per heavy atom. The molecule has 0 radical (unpaired) electrons. The van der Waals surface area contributed by atoms with Crippen molar-refractivity contribution in [3.05, 3.63) is 55.0 Å². The number of aromatic amines is 1. The largest absolute Gasteiger partial charge is 0.391 e. The monoisotopic (exact) mass is 349 g/mol. The maximum absolute atomic E-state index is 12.6. The van der Waals surface area contributed by atoms with Crippen LogP contribution in [-0.4, -0.2) is 44.7 Å². The van der Waals surface area contributed by atoms with Gasteiger partial charge < -0.3 is 10.0 Å². The molecule has 0 aliphatic carbocycles. The molecule has 2 aromatic rings. The van der Waals surface area contributed by atoms with Crippen molar-refractivity contribution in [1.29, 1.82) is 0 Å². The van der Waals surface area contributed by atoms with Gasteiger partial charge in [0.1, 0.15) is 0 Å². The molecule has 2 atom stereocenters. The van der Waals surface area contributed by atoms with E-state index >= 15 is 0 Å². The van der Waals surface area contributed by atoms with Crippen LogP contribution in [-0.2, 0) is 0 Å². The van der Waals surface area contributed by atoms with E-state index in [1.165, 1.54) is 28.2 Å². The number of nitrogens with zero attached hydrogens (tertiary/aromatic N) is 2. The molecular weight excluding hydrogens is 330 g/mol. The van der Waals surface area contributed by atoms with Crippen LogP contribution in [0.1, 0.15) is 33.4 Å². The van der Waals surface area contributed by atoms with Gasteiger partial charge in [0, 0.05) is 30.2 Å². The molecule has 128 valence electrons. The summed E-state index contributed by atoms with van der Waals surface area (Å²) >= 11 is 1.45. The maximum atomic E-state index is 12.6. The highest BCUT2D eigenvalue weighted by atomic mass is 32.1. The fourth-order valence-electron chi connectivity index (χ4n) is 2.99. The summed E-state index contributed by atoms with van der Waals surface area (Å²) in [6.45, 7) is 2.83. The number of hydrogen-bond donors (Lipinski definition) is 2. The molecule has 0 unspecified atom stereocenters. The minimum atomic E-state index is -0.753. The number of hydrogen-bond acceptors (Lipinski definition) is 5. The number of thiophene rings is 1. The van der Waals surface area contributed by atoms with Crippen LogP contribution in [0.4, 0.5) is 0 Å². The Bertz CT molecular complexity index is 853. The van der Waals surface area contributed by atoms with Gasteiger partial charge in [-0.3, -0.25) is 19.1 Å². The first kappa shape index (κ1) is 16.7. The lowest BCUT2D eigenvalue weighted by Crippen LogP contribution is -2.36. The topological polar surface area (TPSA) is 95.4 Å². The second kappa shape index (κ2) is 6.74. The van der Waals surface area contributed by atoms with Gasteiger partial charge in [0.25, 0.3) is 11.5 Å². The molecule has 1 aliphatic rings. The number of H-pyrrole nitrogens is 1. The lowest BCUT2D eigenvalue weighted by Gasteiger charge is -2.21. The summed E-state index contributed by atoms with van der Waals surface area (Å²) in [5, 5.41) is 10.4. The highest BCUT2D eigenvalue weighted by Gasteiger charge is 2.29. The minimum Gasteiger partial charge on any atom is -0.391 e. The van der Waals surface area contributed by atoms with Crippen LogP contribution in [0.2, 0.25) is 0 Å². The first-order chi connectivity index (χ1) is 11.5. The quantitative estimate of drug-likeness (QED) is 0.836. The van der Waals surface area contributed by atoms with Crippen LogP contribution < -0.4 is 11.2 Å². The van der Waals surface area contributed by atoms with Gasteiger partial charge >= 0.3 is 5.69 Å². The van der Waals surface area contributed by atoms with Crippen molar-refractivity contribution in [2.24, 2.45) is 0 Å². The van der Waals surface area contributed by atoms with Crippen molar-refractivity contribution in [2.45, 2.75) is 31.9 Å². The summed E-state index contributed by atoms with van der Waals surface area (Å²) in [4.78, 5) is 41.4. The molecule has 0 saturated carbocycles. The third-order valence-electron chi connectivity index (χ3n) is 4.28. The summed E-state index contributed by atoms with van der Waals surface area (Å²) in [5.74, 6) is -0.0465. The maximum Gasteiger partial charge on any atom is 0.328 e. The molecule has 1 amide bonds. The molecule has 3 heterocycles. The van der Waals surface area contributed by atoms with Crippen LogP contribution in [0.3, 0.4) is 0 Å². The summed E-state index contributed by atoms with van der Waals surface area (Å²) in [5.41, 5.74) is -1.01. The molecular formula is C16H19N3O4S. The Morgan fingerprint density at radius 2 is 2.00 bits per heavy atom. The van der Waals surface area contributed by atoms with Crippen LogP contribution in [0.25, 0.3) is 0 Å². The van der Waals surface area contributed by atoms with Gasteiger partial charge in [0.15, 0.2) is 0 Å². The number of rotatable bonds is 2. The normalized spacial score (nSPS) is 21.5. The molecule has 0 aromatic carbocycles. The highest BCUT2D eigenvalue weighted by Crippen LogP contribution is 2.24. The first-order valence-corrected chi connectivity index (χ1v) is 8.62. The zero-order valence-electron chi connectivity index (χ0n) is 13.3. The summed E-state index contributed by atoms with van der Waals surface area (Å²) in [6, 6.07) is 4.52. The van der Waals surface area contributed by atoms with Gasteiger partial charge in [-0.1, -0.05) is 0 Å². The van der Waals surface area contributed by atoms with E-state index in [0.29, 0.717) is 30.8 Å². The van der Waals surface area contributed by atoms with Gasteiger partial charge in [-0.15, -0.1) is 11.3 Å². The number of likely N-dealkylation sites (tertiary alicyclic amines) is 1. The smallest absolute Gasteiger partial charge is 0.328 e. The third-order valence-corrected chi connectivity index (χ3v) is 5.27. The minimum absolute atomic E-state index is 0.0465. The molecule has 1 saturated heterocycles. The Balaban J connectivity index is 1.79. The fourth-order valence-corrected chi connectivity index (χ4v) is 3.83. The molecule has 1 aliphatic heterocycles. The van der Waals surface area contributed by atoms with E-state index < -0.39 is 23.4 Å². The van der Waals surface area contributed by atoms with Crippen molar-refractivity contribution in [3.63, 3.8) is 0 Å². The second-order valence-electron chi connectivity index (χ2n) is 5.93. The van der Waals surface area contributed by atoms with E-state index in [-0.39, 0.29) is 5.91 Å². The van der Waals surface area contributed by atoms with Gasteiger partial charge in [0.2, 0.25) is 0 Å². The zero-order chi connectivity index (χ0) is 17.3. The van der Waals surface area contributed by atoms with Crippen LogP contribution >= 0.6 is 11.3 Å². The van der Waals surface area contributed by atoms with Crippen molar-refractivity contribution >= 4 is 17.2 Å². The number of nitrogens with one attached hydrogen (secondary N) is 1. The highest BCUT2D eigenvalue weighted by molar-refractivity contribution is 7.13. The Labute approximate surface area is 142 Å². The molecule has 1 fully saturated rings. The number of aryl methyl sites for hydroxylation is 1. The average Bonchev–Trinajstić information content (AvgIpc) is 2.88. The average molecular weight is 349 g/mol. The zero-order valence-corrected chi connectivity index (χ0v) is 14.1. The molecule has 24 heavy (non-hydrogen) atoms. The number of aliphatic hydroxyl groups excluding tert-OH is 1. The molecule has 8 heteroatoms. The van der Waals surface area contributed by atoms with Crippen LogP contribution in [0, 0.1) is 6.92 Å². The van der Waals surface area contributed by atoms with Crippen molar-refractivity contribution in [3.8, 4) is 0 Å². The lowest BCUT2D eigenvalue weighted by molar-refractivity contribution is 0.0756. The Kier molecular flexibility index (Phi) is 4.68. The van der Waals surface area contributed by atoms with Crippen molar-refractivity contribution < 1.29 is 9.90 Å². The third kappa shape index (κ3) is 3.34. The van der Waals surface area contributed by atoms with Crippen molar-refractivity contribution in [2.75, 3.05) is 13.1 Å². The Hall–Kier alpha value is -2.19. The number of aliphatic hydroxyl groups is 1. The molecule has 7 nitrogen and oxygen atoms in total. The van der Waals surface area contributed by atoms with Gasteiger partial charge in [-0.05, 0) is 31.9 Å². The molecule has 3 rings (SSSR count). The van der Waals surface area contributed by atoms with E-state index in [1.54, 1.807) is 4.90 Å². The molecule has 2 N–H and O–H groups in total. The molecule has 0 bridgehead atoms. The van der Waals surface area contributed by atoms with Gasteiger partial charge in [-0.25, -0.2) is 4.79 Å². The number of carbonyl (C=O) groups excluding carboxylic acids is 1. The van der Waals surface area contributed by atoms with Crippen molar-refractivity contribution in [1.82, 2.24) is 14.5 Å². The van der Waals surface area contributed by atoms with E-state index in [0.717, 1.165) is 4.88 Å². The predicted molar refractivity (Wildman–Crippen MR) is 90.6 cm³/mol. The fraction of sp³-hybridized carbons (Fsp3) is 0.438. The number of aromatic nitrogens is 2. The van der Waals surface area contributed by atoms with E-state index in [1.807, 2.05) is 19.1 Å². The number of amides is 1. The lowest BCUT2D eigenvalue weighted by atomic mass is 10.1. The van der Waals surface area contributed by atoms with Crippen LogP contribution in [0.15, 0.2) is 34.0 Å². The van der Waals surface area contributed by atoms with E-state index in [4.69, 9.17) is 0 Å². The van der Waals surface area contributed by atoms with E-state index in [2.05, 4.69) is 4.98 Å². The van der Waals surface area contributed by atoms with E-state index in [9.17, 15) is 19.5 Å². The van der Waals surface area contributed by atoms with Gasteiger partial charge in [0.05, 0.1) is 17.0 Å². The van der Waals surface area contributed by atoms with Crippen LogP contribution in [0.5, 0.6) is 0 Å². The molecule has 2 aromatic heterocycles. The Morgan fingerprint density at radius 3 is 2.67 bits per heavy atom. The summed E-state index contributed by atoms with van der Waals surface area (Å²) in [6.07, 6.45) is 1.47. The standard InChI is InChI=1S/C16H19N3O4S/c1-10-2-3-13(24-10)15(22)18-7-4-11(12(20)5-8-18)19-9-6-14(21)17-16(19)23/h2-3,6,9,11-12,20H,4-5,7-8H2,1H3,(H,17,21,23)/t11-,12-/m0/s1. The molecule has 0 spiro atoms. The predicted octanol–water partition coefficient (Wildman–Crippen LogP) is 0.745.